The standard InChI is InChI=1S/C21H23N3O3S/c1-14-4-6-17-19(12-14)28-21(22-17)24-10-8-23(9-11-24)20(25)16-13-15(26-2)5-7-18(16)27-3/h4-7,12-13H,8-11H2,1-3H3. The lowest BCUT2D eigenvalue weighted by atomic mass is 10.1. The number of anilines is 1. The number of amides is 1. The normalized spacial score (nSPS) is 14.4. The molecule has 0 radical (unpaired) electrons. The van der Waals surface area contributed by atoms with Crippen molar-refractivity contribution in [2.75, 3.05) is 45.3 Å². The molecule has 7 heteroatoms. The van der Waals surface area contributed by atoms with E-state index in [0.717, 1.165) is 23.7 Å². The molecule has 28 heavy (non-hydrogen) atoms. The highest BCUT2D eigenvalue weighted by atomic mass is 32.1. The summed E-state index contributed by atoms with van der Waals surface area (Å²) in [7, 11) is 3.17. The minimum Gasteiger partial charge on any atom is -0.497 e. The summed E-state index contributed by atoms with van der Waals surface area (Å²) in [6, 6.07) is 11.6. The van der Waals surface area contributed by atoms with Crippen molar-refractivity contribution in [3.8, 4) is 11.5 Å². The quantitative estimate of drug-likeness (QED) is 0.674. The molecular formula is C21H23N3O3S. The molecule has 0 bridgehead atoms. The van der Waals surface area contributed by atoms with Gasteiger partial charge in [-0.25, -0.2) is 4.98 Å². The number of carbonyl (C=O) groups excluding carboxylic acids is 1. The number of hydrogen-bond donors (Lipinski definition) is 0. The summed E-state index contributed by atoms with van der Waals surface area (Å²) < 4.78 is 11.8. The van der Waals surface area contributed by atoms with Crippen LogP contribution in [0.3, 0.4) is 0 Å². The molecule has 1 saturated heterocycles. The summed E-state index contributed by atoms with van der Waals surface area (Å²) in [6.07, 6.45) is 0. The Bertz CT molecular complexity index is 1010. The van der Waals surface area contributed by atoms with Gasteiger partial charge in [0.25, 0.3) is 5.91 Å². The summed E-state index contributed by atoms with van der Waals surface area (Å²) in [5.41, 5.74) is 2.81. The molecule has 2 aromatic carbocycles. The Labute approximate surface area is 168 Å². The number of piperazine rings is 1. The first-order valence-electron chi connectivity index (χ1n) is 9.22. The molecule has 0 N–H and O–H groups in total. The molecule has 0 unspecified atom stereocenters. The fourth-order valence-electron chi connectivity index (χ4n) is 3.41. The largest absolute Gasteiger partial charge is 0.497 e. The Morgan fingerprint density at radius 1 is 1.04 bits per heavy atom. The maximum absolute atomic E-state index is 13.0. The molecule has 0 saturated carbocycles. The molecule has 2 heterocycles. The van der Waals surface area contributed by atoms with Gasteiger partial charge in [0, 0.05) is 26.2 Å². The average Bonchev–Trinajstić information content (AvgIpc) is 3.16. The molecule has 0 atom stereocenters. The second-order valence-corrected chi connectivity index (χ2v) is 7.82. The SMILES string of the molecule is COc1ccc(OC)c(C(=O)N2CCN(c3nc4ccc(C)cc4s3)CC2)c1. The van der Waals surface area contributed by atoms with Crippen LogP contribution in [0, 0.1) is 6.92 Å². The van der Waals surface area contributed by atoms with E-state index < -0.39 is 0 Å². The molecule has 0 spiro atoms. The third-order valence-electron chi connectivity index (χ3n) is 5.01. The van der Waals surface area contributed by atoms with Gasteiger partial charge >= 0.3 is 0 Å². The van der Waals surface area contributed by atoms with Crippen molar-refractivity contribution >= 4 is 32.6 Å². The van der Waals surface area contributed by atoms with Gasteiger partial charge < -0.3 is 19.3 Å². The second kappa shape index (κ2) is 7.67. The lowest BCUT2D eigenvalue weighted by molar-refractivity contribution is 0.0743. The molecule has 0 aliphatic carbocycles. The summed E-state index contributed by atoms with van der Waals surface area (Å²) in [4.78, 5) is 21.9. The lowest BCUT2D eigenvalue weighted by Gasteiger charge is -2.34. The van der Waals surface area contributed by atoms with Crippen molar-refractivity contribution in [1.29, 1.82) is 0 Å². The van der Waals surface area contributed by atoms with Gasteiger partial charge in [0.2, 0.25) is 0 Å². The number of carbonyl (C=O) groups is 1. The predicted octanol–water partition coefficient (Wildman–Crippen LogP) is 3.58. The topological polar surface area (TPSA) is 54.9 Å². The highest BCUT2D eigenvalue weighted by Crippen LogP contribution is 2.31. The highest BCUT2D eigenvalue weighted by Gasteiger charge is 2.26. The summed E-state index contributed by atoms with van der Waals surface area (Å²) in [6.45, 7) is 4.91. The van der Waals surface area contributed by atoms with Gasteiger partial charge in [-0.15, -0.1) is 0 Å². The van der Waals surface area contributed by atoms with E-state index in [0.29, 0.717) is 30.2 Å². The number of aromatic nitrogens is 1. The Morgan fingerprint density at radius 2 is 1.82 bits per heavy atom. The van der Waals surface area contributed by atoms with Crippen LogP contribution in [-0.4, -0.2) is 56.2 Å². The molecule has 1 aromatic heterocycles. The number of ether oxygens (including phenoxy) is 2. The van der Waals surface area contributed by atoms with Crippen molar-refractivity contribution in [3.63, 3.8) is 0 Å². The maximum atomic E-state index is 13.0. The number of fused-ring (bicyclic) bond motifs is 1. The first-order chi connectivity index (χ1) is 13.6. The Hall–Kier alpha value is -2.80. The van der Waals surface area contributed by atoms with Crippen LogP contribution in [0.25, 0.3) is 10.2 Å². The number of thiazole rings is 1. The lowest BCUT2D eigenvalue weighted by Crippen LogP contribution is -2.48. The highest BCUT2D eigenvalue weighted by molar-refractivity contribution is 7.22. The molecule has 146 valence electrons. The fraction of sp³-hybridized carbons (Fsp3) is 0.333. The van der Waals surface area contributed by atoms with Gasteiger partial charge in [-0.3, -0.25) is 4.79 Å². The van der Waals surface area contributed by atoms with Crippen molar-refractivity contribution in [3.05, 3.63) is 47.5 Å². The van der Waals surface area contributed by atoms with Crippen molar-refractivity contribution in [2.45, 2.75) is 6.92 Å². The molecular weight excluding hydrogens is 374 g/mol. The van der Waals surface area contributed by atoms with E-state index in [4.69, 9.17) is 14.5 Å². The zero-order valence-electron chi connectivity index (χ0n) is 16.3. The Kier molecular flexibility index (Phi) is 5.09. The molecule has 1 fully saturated rings. The van der Waals surface area contributed by atoms with E-state index in [1.165, 1.54) is 10.3 Å². The molecule has 1 amide bonds. The first-order valence-corrected chi connectivity index (χ1v) is 10.0. The number of hydrogen-bond acceptors (Lipinski definition) is 6. The first kappa shape index (κ1) is 18.6. The minimum atomic E-state index is -0.0321. The third kappa shape index (κ3) is 3.49. The summed E-state index contributed by atoms with van der Waals surface area (Å²) in [5.74, 6) is 1.18. The van der Waals surface area contributed by atoms with Crippen LogP contribution in [0.4, 0.5) is 5.13 Å². The van der Waals surface area contributed by atoms with E-state index in [1.807, 2.05) is 4.90 Å². The monoisotopic (exact) mass is 397 g/mol. The van der Waals surface area contributed by atoms with Gasteiger partial charge in [0.1, 0.15) is 11.5 Å². The van der Waals surface area contributed by atoms with Gasteiger partial charge in [0.05, 0.1) is 30.0 Å². The van der Waals surface area contributed by atoms with E-state index in [-0.39, 0.29) is 5.91 Å². The second-order valence-electron chi connectivity index (χ2n) is 6.81. The van der Waals surface area contributed by atoms with Gasteiger partial charge in [-0.1, -0.05) is 17.4 Å². The van der Waals surface area contributed by atoms with Crippen LogP contribution in [0.2, 0.25) is 0 Å². The number of nitrogens with zero attached hydrogens (tertiary/aromatic N) is 3. The van der Waals surface area contributed by atoms with Crippen molar-refractivity contribution in [2.24, 2.45) is 0 Å². The van der Waals surface area contributed by atoms with Crippen LogP contribution < -0.4 is 14.4 Å². The van der Waals surface area contributed by atoms with Crippen LogP contribution >= 0.6 is 11.3 Å². The van der Waals surface area contributed by atoms with E-state index in [1.54, 1.807) is 43.8 Å². The van der Waals surface area contributed by atoms with E-state index >= 15 is 0 Å². The molecule has 3 aromatic rings. The van der Waals surface area contributed by atoms with Gasteiger partial charge in [-0.2, -0.15) is 0 Å². The summed E-state index contributed by atoms with van der Waals surface area (Å²) in [5, 5.41) is 1.02. The number of methoxy groups -OCH3 is 2. The molecule has 6 nitrogen and oxygen atoms in total. The van der Waals surface area contributed by atoms with Gasteiger partial charge in [-0.05, 0) is 42.8 Å². The molecule has 4 rings (SSSR count). The zero-order chi connectivity index (χ0) is 19.7. The van der Waals surface area contributed by atoms with Crippen molar-refractivity contribution in [1.82, 2.24) is 9.88 Å². The fourth-order valence-corrected chi connectivity index (χ4v) is 4.52. The van der Waals surface area contributed by atoms with E-state index in [9.17, 15) is 4.79 Å². The average molecular weight is 398 g/mol. The minimum absolute atomic E-state index is 0.0321. The smallest absolute Gasteiger partial charge is 0.257 e. The van der Waals surface area contributed by atoms with Crippen LogP contribution in [0.5, 0.6) is 11.5 Å². The third-order valence-corrected chi connectivity index (χ3v) is 6.09. The Balaban J connectivity index is 1.48. The molecule has 1 aliphatic heterocycles. The van der Waals surface area contributed by atoms with Gasteiger partial charge in [0.15, 0.2) is 5.13 Å². The number of benzene rings is 2. The van der Waals surface area contributed by atoms with E-state index in [2.05, 4.69) is 30.0 Å². The zero-order valence-corrected chi connectivity index (χ0v) is 17.1. The maximum Gasteiger partial charge on any atom is 0.257 e. The number of aryl methyl sites for hydroxylation is 1. The number of rotatable bonds is 4. The molecule has 1 aliphatic rings. The van der Waals surface area contributed by atoms with Crippen LogP contribution in [-0.2, 0) is 0 Å². The Morgan fingerprint density at radius 3 is 2.54 bits per heavy atom. The predicted molar refractivity (Wildman–Crippen MR) is 112 cm³/mol. The van der Waals surface area contributed by atoms with Crippen molar-refractivity contribution < 1.29 is 14.3 Å². The summed E-state index contributed by atoms with van der Waals surface area (Å²) >= 11 is 1.71. The van der Waals surface area contributed by atoms with Crippen LogP contribution in [0.15, 0.2) is 36.4 Å². The van der Waals surface area contributed by atoms with Crippen LogP contribution in [0.1, 0.15) is 15.9 Å².